The maximum absolute atomic E-state index is 13.8. The zero-order valence-corrected chi connectivity index (χ0v) is 23.4. The van der Waals surface area contributed by atoms with Crippen LogP contribution in [0, 0.1) is 6.92 Å². The number of hydrogen-bond donors (Lipinski definition) is 0. The van der Waals surface area contributed by atoms with Gasteiger partial charge in [0, 0.05) is 41.7 Å². The van der Waals surface area contributed by atoms with E-state index in [4.69, 9.17) is 16.0 Å². The summed E-state index contributed by atoms with van der Waals surface area (Å²) in [5, 5.41) is 6.45. The molecule has 0 unspecified atom stereocenters. The summed E-state index contributed by atoms with van der Waals surface area (Å²) >= 11 is 6.31. The molecule has 0 aliphatic heterocycles. The summed E-state index contributed by atoms with van der Waals surface area (Å²) < 4.78 is 6.88. The molecule has 0 saturated carbocycles. The first-order valence-electron chi connectivity index (χ1n) is 13.3. The van der Waals surface area contributed by atoms with Gasteiger partial charge in [-0.05, 0) is 54.3 Å². The van der Waals surface area contributed by atoms with Crippen LogP contribution in [-0.2, 0) is 24.2 Å². The lowest BCUT2D eigenvalue weighted by Crippen LogP contribution is -2.35. The lowest BCUT2D eigenvalue weighted by molar-refractivity contribution is -0.119. The minimum Gasteiger partial charge on any atom is -0.441 e. The van der Waals surface area contributed by atoms with Crippen LogP contribution in [-0.4, -0.2) is 27.7 Å². The Balaban J connectivity index is 1.38. The van der Waals surface area contributed by atoms with Gasteiger partial charge in [-0.15, -0.1) is 0 Å². The third-order valence-corrected chi connectivity index (χ3v) is 7.43. The van der Waals surface area contributed by atoms with Gasteiger partial charge in [-0.2, -0.15) is 5.10 Å². The fourth-order valence-electron chi connectivity index (χ4n) is 4.99. The molecule has 0 N–H and O–H groups in total. The largest absolute Gasteiger partial charge is 0.441 e. The Labute approximate surface area is 241 Å². The molecule has 0 spiro atoms. The molecular formula is C33H27ClN4O3. The highest BCUT2D eigenvalue weighted by Gasteiger charge is 2.19. The van der Waals surface area contributed by atoms with E-state index in [0.717, 1.165) is 24.0 Å². The van der Waals surface area contributed by atoms with E-state index < -0.39 is 0 Å². The monoisotopic (exact) mass is 562 g/mol. The number of halogens is 1. The van der Waals surface area contributed by atoms with Crippen molar-refractivity contribution in [2.75, 3.05) is 11.9 Å². The summed E-state index contributed by atoms with van der Waals surface area (Å²) in [6.45, 7) is 1.54. The van der Waals surface area contributed by atoms with Gasteiger partial charge < -0.3 is 9.32 Å². The standard InChI is InChI=1S/C33H27ClN4O3/c1-21-35-29-16-14-26(19-30(29)41-21)37(2)31(39)20-38-33(40)28-17-23(12-11-22-7-4-3-5-8-22)13-15-27(28)32(36-38)24-9-6-10-25(34)18-24/h3-10,13-19H,11-12,20H2,1-2H3. The number of likely N-dealkylation sites (N-methyl/N-ethyl adjacent to an activating group) is 1. The smallest absolute Gasteiger partial charge is 0.275 e. The minimum atomic E-state index is -0.324. The average molecular weight is 563 g/mol. The van der Waals surface area contributed by atoms with Crippen LogP contribution in [0.25, 0.3) is 33.1 Å². The molecule has 0 atom stereocenters. The Morgan fingerprint density at radius 1 is 0.902 bits per heavy atom. The summed E-state index contributed by atoms with van der Waals surface area (Å²) in [4.78, 5) is 33.0. The molecule has 41 heavy (non-hydrogen) atoms. The number of carbonyl (C=O) groups excluding carboxylic acids is 1. The van der Waals surface area contributed by atoms with Crippen molar-refractivity contribution in [1.82, 2.24) is 14.8 Å². The van der Waals surface area contributed by atoms with Gasteiger partial charge >= 0.3 is 0 Å². The van der Waals surface area contributed by atoms with E-state index >= 15 is 0 Å². The number of aryl methyl sites for hydroxylation is 3. The summed E-state index contributed by atoms with van der Waals surface area (Å²) in [5.41, 5.74) is 5.23. The van der Waals surface area contributed by atoms with Crippen LogP contribution in [0.4, 0.5) is 5.69 Å². The Hall–Kier alpha value is -4.75. The lowest BCUT2D eigenvalue weighted by atomic mass is 9.99. The molecule has 7 nitrogen and oxygen atoms in total. The van der Waals surface area contributed by atoms with Gasteiger partial charge in [0.25, 0.3) is 5.56 Å². The molecule has 4 aromatic carbocycles. The maximum atomic E-state index is 13.8. The molecule has 0 radical (unpaired) electrons. The molecule has 8 heteroatoms. The van der Waals surface area contributed by atoms with E-state index in [9.17, 15) is 9.59 Å². The Morgan fingerprint density at radius 2 is 1.71 bits per heavy atom. The zero-order valence-electron chi connectivity index (χ0n) is 22.7. The Bertz CT molecular complexity index is 1960. The first-order chi connectivity index (χ1) is 19.9. The molecule has 1 amide bonds. The normalized spacial score (nSPS) is 11.3. The van der Waals surface area contributed by atoms with Crippen LogP contribution in [0.2, 0.25) is 5.02 Å². The second kappa shape index (κ2) is 11.0. The number of amides is 1. The molecule has 6 rings (SSSR count). The Morgan fingerprint density at radius 3 is 2.51 bits per heavy atom. The van der Waals surface area contributed by atoms with Crippen molar-refractivity contribution in [3.63, 3.8) is 0 Å². The molecular weight excluding hydrogens is 536 g/mol. The molecule has 204 valence electrons. The van der Waals surface area contributed by atoms with Crippen molar-refractivity contribution in [2.45, 2.75) is 26.3 Å². The maximum Gasteiger partial charge on any atom is 0.275 e. The summed E-state index contributed by atoms with van der Waals surface area (Å²) in [6.07, 6.45) is 1.63. The number of fused-ring (bicyclic) bond motifs is 2. The number of oxazole rings is 1. The highest BCUT2D eigenvalue weighted by Crippen LogP contribution is 2.28. The molecule has 0 aliphatic carbocycles. The third kappa shape index (κ3) is 5.49. The molecule has 0 bridgehead atoms. The average Bonchev–Trinajstić information content (AvgIpc) is 3.37. The number of anilines is 1. The van der Waals surface area contributed by atoms with Gasteiger partial charge in [0.1, 0.15) is 12.1 Å². The second-order valence-corrected chi connectivity index (χ2v) is 10.5. The van der Waals surface area contributed by atoms with Crippen LogP contribution in [0.3, 0.4) is 0 Å². The van der Waals surface area contributed by atoms with Gasteiger partial charge in [0.15, 0.2) is 11.5 Å². The van der Waals surface area contributed by atoms with Crippen molar-refractivity contribution < 1.29 is 9.21 Å². The van der Waals surface area contributed by atoms with E-state index in [1.807, 2.05) is 54.6 Å². The first-order valence-corrected chi connectivity index (χ1v) is 13.7. The SMILES string of the molecule is Cc1nc2ccc(N(C)C(=O)Cn3nc(-c4cccc(Cl)c4)c4ccc(CCc5ccccc5)cc4c3=O)cc2o1. The fourth-order valence-corrected chi connectivity index (χ4v) is 5.18. The van der Waals surface area contributed by atoms with Crippen LogP contribution in [0.15, 0.2) is 100 Å². The van der Waals surface area contributed by atoms with Gasteiger partial charge in [-0.3, -0.25) is 9.59 Å². The van der Waals surface area contributed by atoms with Crippen molar-refractivity contribution in [1.29, 1.82) is 0 Å². The van der Waals surface area contributed by atoms with Crippen molar-refractivity contribution in [2.24, 2.45) is 0 Å². The molecule has 6 aromatic rings. The summed E-state index contributed by atoms with van der Waals surface area (Å²) in [6, 6.07) is 28.8. The number of hydrogen-bond acceptors (Lipinski definition) is 5. The first kappa shape index (κ1) is 26.5. The molecule has 0 aliphatic rings. The lowest BCUT2D eigenvalue weighted by Gasteiger charge is -2.18. The van der Waals surface area contributed by atoms with E-state index in [-0.39, 0.29) is 18.0 Å². The van der Waals surface area contributed by atoms with Crippen LogP contribution in [0.1, 0.15) is 17.0 Å². The van der Waals surface area contributed by atoms with Crippen molar-refractivity contribution in [3.05, 3.63) is 123 Å². The quantitative estimate of drug-likeness (QED) is 0.218. The number of carbonyl (C=O) groups is 1. The van der Waals surface area contributed by atoms with Gasteiger partial charge in [-0.1, -0.05) is 66.2 Å². The summed E-state index contributed by atoms with van der Waals surface area (Å²) in [5.74, 6) is 0.251. The Kier molecular flexibility index (Phi) is 7.12. The highest BCUT2D eigenvalue weighted by molar-refractivity contribution is 6.30. The van der Waals surface area contributed by atoms with Gasteiger partial charge in [0.2, 0.25) is 5.91 Å². The minimum absolute atomic E-state index is 0.236. The second-order valence-electron chi connectivity index (χ2n) is 10.0. The van der Waals surface area contributed by atoms with Crippen LogP contribution in [0.5, 0.6) is 0 Å². The third-order valence-electron chi connectivity index (χ3n) is 7.19. The molecule has 0 fully saturated rings. The van der Waals surface area contributed by atoms with Gasteiger partial charge in [-0.25, -0.2) is 9.67 Å². The van der Waals surface area contributed by atoms with E-state index in [0.29, 0.717) is 44.2 Å². The molecule has 0 saturated heterocycles. The van der Waals surface area contributed by atoms with E-state index in [1.54, 1.807) is 38.2 Å². The predicted octanol–water partition coefficient (Wildman–Crippen LogP) is 6.61. The molecule has 2 heterocycles. The van der Waals surface area contributed by atoms with Crippen LogP contribution >= 0.6 is 11.6 Å². The highest BCUT2D eigenvalue weighted by atomic mass is 35.5. The van der Waals surface area contributed by atoms with Crippen molar-refractivity contribution >= 4 is 45.1 Å². The zero-order chi connectivity index (χ0) is 28.5. The van der Waals surface area contributed by atoms with E-state index in [1.165, 1.54) is 15.1 Å². The van der Waals surface area contributed by atoms with Crippen LogP contribution < -0.4 is 10.5 Å². The van der Waals surface area contributed by atoms with E-state index in [2.05, 4.69) is 22.2 Å². The number of nitrogens with zero attached hydrogens (tertiary/aromatic N) is 4. The van der Waals surface area contributed by atoms with Gasteiger partial charge in [0.05, 0.1) is 11.1 Å². The number of aromatic nitrogens is 3. The summed E-state index contributed by atoms with van der Waals surface area (Å²) in [7, 11) is 1.67. The van der Waals surface area contributed by atoms with Crippen molar-refractivity contribution in [3.8, 4) is 11.3 Å². The molecule has 2 aromatic heterocycles. The number of rotatable bonds is 7. The fraction of sp³-hybridized carbons (Fsp3) is 0.152. The topological polar surface area (TPSA) is 81.2 Å². The predicted molar refractivity (Wildman–Crippen MR) is 162 cm³/mol. The number of benzene rings is 4.